The summed E-state index contributed by atoms with van der Waals surface area (Å²) in [5.41, 5.74) is -0.170. The molecule has 35 heavy (non-hydrogen) atoms. The fourth-order valence-electron chi connectivity index (χ4n) is 3.61. The molecule has 1 aliphatic heterocycles. The predicted molar refractivity (Wildman–Crippen MR) is 123 cm³/mol. The van der Waals surface area contributed by atoms with Crippen LogP contribution in [0.3, 0.4) is 0 Å². The maximum atomic E-state index is 13.4. The summed E-state index contributed by atoms with van der Waals surface area (Å²) in [5.74, 6) is -5.77. The summed E-state index contributed by atoms with van der Waals surface area (Å²) in [7, 11) is 0. The number of nitro benzene ring substituents is 1. The number of carbonyl (C=O) groups excluding carboxylic acids is 4. The molecule has 0 bridgehead atoms. The zero-order valence-electron chi connectivity index (χ0n) is 17.4. The minimum atomic E-state index is -1.74. The van der Waals surface area contributed by atoms with E-state index in [0.29, 0.717) is 0 Å². The second-order valence-electron chi connectivity index (χ2n) is 7.35. The molecule has 2 heterocycles. The predicted octanol–water partition coefficient (Wildman–Crippen LogP) is 4.22. The monoisotopic (exact) mass is 513 g/mol. The number of rotatable bonds is 7. The van der Waals surface area contributed by atoms with Crippen molar-refractivity contribution < 1.29 is 28.8 Å². The first-order valence-corrected chi connectivity index (χ1v) is 10.7. The van der Waals surface area contributed by atoms with Gasteiger partial charge in [-0.3, -0.25) is 29.5 Å². The van der Waals surface area contributed by atoms with Crippen molar-refractivity contribution in [3.63, 3.8) is 0 Å². The molecule has 2 aromatic carbocycles. The van der Waals surface area contributed by atoms with Crippen molar-refractivity contribution in [2.75, 3.05) is 5.32 Å². The van der Waals surface area contributed by atoms with E-state index in [2.05, 4.69) is 10.3 Å². The molecule has 2 atom stereocenters. The van der Waals surface area contributed by atoms with Crippen LogP contribution >= 0.6 is 23.2 Å². The third-order valence-electron chi connectivity index (χ3n) is 5.25. The molecule has 0 saturated carbocycles. The molecule has 0 radical (unpaired) electrons. The Bertz CT molecular complexity index is 1370. The number of halogens is 2. The average molecular weight is 514 g/mol. The van der Waals surface area contributed by atoms with Gasteiger partial charge in [0.1, 0.15) is 12.0 Å². The molecule has 0 aliphatic carbocycles. The lowest BCUT2D eigenvalue weighted by molar-refractivity contribution is -0.384. The highest BCUT2D eigenvalue weighted by Gasteiger charge is 2.46. The van der Waals surface area contributed by atoms with Gasteiger partial charge in [0, 0.05) is 35.7 Å². The Morgan fingerprint density at radius 1 is 1.06 bits per heavy atom. The molecule has 4 rings (SSSR count). The number of aromatic nitrogens is 1. The molecule has 0 unspecified atom stereocenters. The zero-order valence-corrected chi connectivity index (χ0v) is 18.9. The Balaban J connectivity index is 1.71. The Kier molecular flexibility index (Phi) is 6.59. The summed E-state index contributed by atoms with van der Waals surface area (Å²) in [6.07, 6.45) is 1.31. The van der Waals surface area contributed by atoms with Crippen LogP contribution in [0.25, 0.3) is 0 Å². The first-order valence-electron chi connectivity index (χ1n) is 9.91. The Morgan fingerprint density at radius 2 is 1.69 bits per heavy atom. The second-order valence-corrected chi connectivity index (χ2v) is 8.17. The standard InChI is InChI=1S/C23H13Cl2N3O7/c24-15-9-12(28(33)34)10-16(25)18(15)27-22(31)20(30)17(19(29)11-5-7-26-8-6-11)21-13-3-1-2-4-14(13)23(32)35-21/h1-10,17,21H,(H,27,31)/t17-,21-/m0/s1. The van der Waals surface area contributed by atoms with Crippen LogP contribution in [0.5, 0.6) is 0 Å². The summed E-state index contributed by atoms with van der Waals surface area (Å²) < 4.78 is 5.34. The summed E-state index contributed by atoms with van der Waals surface area (Å²) in [5, 5.41) is 12.6. The summed E-state index contributed by atoms with van der Waals surface area (Å²) in [6, 6.07) is 10.8. The van der Waals surface area contributed by atoms with E-state index in [1.165, 1.54) is 36.7 Å². The fraction of sp³-hybridized carbons (Fsp3) is 0.0870. The number of nitro groups is 1. The fourth-order valence-corrected chi connectivity index (χ4v) is 4.18. The Labute approximate surface area is 207 Å². The van der Waals surface area contributed by atoms with Gasteiger partial charge in [0.05, 0.1) is 26.2 Å². The molecular formula is C23H13Cl2N3O7. The number of benzene rings is 2. The van der Waals surface area contributed by atoms with Gasteiger partial charge in [-0.2, -0.15) is 0 Å². The van der Waals surface area contributed by atoms with E-state index in [9.17, 15) is 29.3 Å². The van der Waals surface area contributed by atoms with Gasteiger partial charge in [-0.15, -0.1) is 0 Å². The van der Waals surface area contributed by atoms with Crippen molar-refractivity contribution in [1.29, 1.82) is 0 Å². The van der Waals surface area contributed by atoms with Gasteiger partial charge in [-0.25, -0.2) is 4.79 Å². The first kappa shape index (κ1) is 24.0. The lowest BCUT2D eigenvalue weighted by Gasteiger charge is -2.21. The van der Waals surface area contributed by atoms with Crippen molar-refractivity contribution in [1.82, 2.24) is 4.98 Å². The number of nitrogens with one attached hydrogen (secondary N) is 1. The minimum absolute atomic E-state index is 0.0676. The normalized spacial score (nSPS) is 15.0. The van der Waals surface area contributed by atoms with E-state index in [1.807, 2.05) is 0 Å². The van der Waals surface area contributed by atoms with Crippen LogP contribution in [0.15, 0.2) is 60.9 Å². The number of ketones is 2. The lowest BCUT2D eigenvalue weighted by Crippen LogP contribution is -2.38. The molecule has 0 fully saturated rings. The van der Waals surface area contributed by atoms with Gasteiger partial charge in [0.25, 0.3) is 11.6 Å². The molecule has 1 amide bonds. The maximum absolute atomic E-state index is 13.4. The van der Waals surface area contributed by atoms with Crippen molar-refractivity contribution in [2.45, 2.75) is 6.10 Å². The quantitative estimate of drug-likeness (QED) is 0.123. The number of carbonyl (C=O) groups is 4. The molecule has 0 spiro atoms. The molecular weight excluding hydrogens is 501 g/mol. The highest BCUT2D eigenvalue weighted by molar-refractivity contribution is 6.48. The molecule has 12 heteroatoms. The van der Waals surface area contributed by atoms with E-state index in [-0.39, 0.29) is 32.4 Å². The van der Waals surface area contributed by atoms with Crippen molar-refractivity contribution >= 4 is 58.0 Å². The van der Waals surface area contributed by atoms with Crippen LogP contribution in [0, 0.1) is 16.0 Å². The number of amides is 1. The van der Waals surface area contributed by atoms with Crippen LogP contribution in [-0.2, 0) is 14.3 Å². The highest BCUT2D eigenvalue weighted by atomic mass is 35.5. The molecule has 176 valence electrons. The van der Waals surface area contributed by atoms with Crippen LogP contribution in [0.2, 0.25) is 10.0 Å². The number of hydrogen-bond donors (Lipinski definition) is 1. The molecule has 10 nitrogen and oxygen atoms in total. The molecule has 3 aromatic rings. The van der Waals surface area contributed by atoms with Crippen LogP contribution in [-0.4, -0.2) is 33.4 Å². The molecule has 0 saturated heterocycles. The van der Waals surface area contributed by atoms with E-state index in [0.717, 1.165) is 12.1 Å². The highest BCUT2D eigenvalue weighted by Crippen LogP contribution is 2.39. The van der Waals surface area contributed by atoms with Gasteiger partial charge in [-0.05, 0) is 18.2 Å². The van der Waals surface area contributed by atoms with Gasteiger partial charge < -0.3 is 10.1 Å². The van der Waals surface area contributed by atoms with E-state index in [4.69, 9.17) is 27.9 Å². The van der Waals surface area contributed by atoms with Gasteiger partial charge >= 0.3 is 5.97 Å². The van der Waals surface area contributed by atoms with Gasteiger partial charge in [0.15, 0.2) is 5.78 Å². The van der Waals surface area contributed by atoms with E-state index in [1.54, 1.807) is 12.1 Å². The van der Waals surface area contributed by atoms with E-state index < -0.39 is 46.1 Å². The Hall–Kier alpha value is -4.15. The minimum Gasteiger partial charge on any atom is -0.453 e. The van der Waals surface area contributed by atoms with Gasteiger partial charge in [-0.1, -0.05) is 41.4 Å². The average Bonchev–Trinajstić information content (AvgIpc) is 3.17. The number of cyclic esters (lactones) is 1. The summed E-state index contributed by atoms with van der Waals surface area (Å²) in [6.45, 7) is 0. The lowest BCUT2D eigenvalue weighted by atomic mass is 9.85. The number of non-ortho nitro benzene ring substituents is 1. The molecule has 1 aliphatic rings. The van der Waals surface area contributed by atoms with Crippen LogP contribution < -0.4 is 5.32 Å². The molecule has 1 N–H and O–H groups in total. The first-order chi connectivity index (χ1) is 16.7. The number of fused-ring (bicyclic) bond motifs is 1. The number of esters is 1. The third-order valence-corrected chi connectivity index (χ3v) is 5.85. The van der Waals surface area contributed by atoms with Crippen molar-refractivity contribution in [3.8, 4) is 0 Å². The smallest absolute Gasteiger partial charge is 0.339 e. The number of hydrogen-bond acceptors (Lipinski definition) is 8. The number of pyridine rings is 1. The Morgan fingerprint density at radius 3 is 2.31 bits per heavy atom. The second kappa shape index (κ2) is 9.61. The number of Topliss-reactive ketones (excluding diaryl/α,β-unsaturated/α-hetero) is 2. The molecule has 1 aromatic heterocycles. The number of ether oxygens (including phenoxy) is 1. The van der Waals surface area contributed by atoms with Crippen molar-refractivity contribution in [3.05, 3.63) is 97.8 Å². The largest absolute Gasteiger partial charge is 0.453 e. The summed E-state index contributed by atoms with van der Waals surface area (Å²) in [4.78, 5) is 66.1. The third kappa shape index (κ3) is 4.61. The number of anilines is 1. The summed E-state index contributed by atoms with van der Waals surface area (Å²) >= 11 is 12.0. The zero-order chi connectivity index (χ0) is 25.3. The maximum Gasteiger partial charge on any atom is 0.339 e. The SMILES string of the molecule is O=C(Nc1c(Cl)cc([N+](=O)[O-])cc1Cl)C(=O)[C@H](C(=O)c1ccncc1)[C@H]1OC(=O)c2ccccc21. The topological polar surface area (TPSA) is 146 Å². The van der Waals surface area contributed by atoms with Crippen LogP contribution in [0.1, 0.15) is 32.4 Å². The van der Waals surface area contributed by atoms with Crippen LogP contribution in [0.4, 0.5) is 11.4 Å². The van der Waals surface area contributed by atoms with E-state index >= 15 is 0 Å². The van der Waals surface area contributed by atoms with Gasteiger partial charge in [0.2, 0.25) is 5.78 Å². The van der Waals surface area contributed by atoms with Crippen molar-refractivity contribution in [2.24, 2.45) is 5.92 Å². The number of nitrogens with zero attached hydrogens (tertiary/aromatic N) is 2.